The van der Waals surface area contributed by atoms with Crippen LogP contribution >= 0.6 is 0 Å². The van der Waals surface area contributed by atoms with Gasteiger partial charge in [0.15, 0.2) is 0 Å². The molecule has 64 valence electrons. The maximum Gasteiger partial charge on any atom is 0.0300 e. The summed E-state index contributed by atoms with van der Waals surface area (Å²) in [6.45, 7) is 4.19. The molecule has 0 nitrogen and oxygen atoms in total. The summed E-state index contributed by atoms with van der Waals surface area (Å²) < 4.78 is 8.08. The quantitative estimate of drug-likeness (QED) is 0.541. The summed E-state index contributed by atoms with van der Waals surface area (Å²) in [6.07, 6.45) is 7.09. The van der Waals surface area contributed by atoms with Crippen molar-refractivity contribution in [1.82, 2.24) is 0 Å². The van der Waals surface area contributed by atoms with Crippen LogP contribution in [0, 0.1) is 23.6 Å². The van der Waals surface area contributed by atoms with E-state index in [2.05, 4.69) is 13.8 Å². The van der Waals surface area contributed by atoms with Crippen LogP contribution in [0.3, 0.4) is 0 Å². The van der Waals surface area contributed by atoms with E-state index in [9.17, 15) is 0 Å². The van der Waals surface area contributed by atoms with Gasteiger partial charge in [0, 0.05) is 1.37 Å². The fraction of sp³-hybridized carbons (Fsp3) is 1.00. The van der Waals surface area contributed by atoms with Crippen molar-refractivity contribution in [2.75, 3.05) is 0 Å². The zero-order valence-corrected chi connectivity index (χ0v) is 7.77. The van der Waals surface area contributed by atoms with Gasteiger partial charge in [-0.05, 0) is 42.9 Å². The molecule has 0 amide bonds. The third-order valence-corrected chi connectivity index (χ3v) is 3.79. The highest BCUT2D eigenvalue weighted by molar-refractivity contribution is 4.87. The molecule has 0 aromatic carbocycles. The smallest absolute Gasteiger partial charge is 0.0300 e. The van der Waals surface area contributed by atoms with Crippen LogP contribution in [0.1, 0.15) is 47.3 Å². The van der Waals surface area contributed by atoms with Gasteiger partial charge in [0.2, 0.25) is 0 Å². The summed E-state index contributed by atoms with van der Waals surface area (Å²) in [4.78, 5) is 0. The van der Waals surface area contributed by atoms with E-state index in [0.29, 0.717) is 5.92 Å². The molecule has 1 atom stereocenters. The second kappa shape index (κ2) is 2.80. The number of hydrogen-bond donors (Lipinski definition) is 0. The standard InChI is InChI=1S/C11H20/c1-8(2)11-7-9-3-5-10(11)6-4-9/h8-11H,3-7H2,1-2H3/i8D. The molecule has 0 aromatic heterocycles. The van der Waals surface area contributed by atoms with Crippen LogP contribution in [-0.2, 0) is 0 Å². The zero-order valence-electron chi connectivity index (χ0n) is 8.77. The van der Waals surface area contributed by atoms with E-state index in [0.717, 1.165) is 11.8 Å². The molecule has 0 spiro atoms. The summed E-state index contributed by atoms with van der Waals surface area (Å²) in [6, 6.07) is 0. The van der Waals surface area contributed by atoms with Crippen molar-refractivity contribution in [3.8, 4) is 0 Å². The first kappa shape index (κ1) is 6.51. The van der Waals surface area contributed by atoms with Crippen molar-refractivity contribution in [3.63, 3.8) is 0 Å². The van der Waals surface area contributed by atoms with Crippen molar-refractivity contribution < 1.29 is 1.37 Å². The Hall–Kier alpha value is 0. The van der Waals surface area contributed by atoms with Crippen LogP contribution < -0.4 is 0 Å². The maximum atomic E-state index is 8.08. The highest BCUT2D eigenvalue weighted by Crippen LogP contribution is 2.47. The van der Waals surface area contributed by atoms with Gasteiger partial charge in [-0.2, -0.15) is 0 Å². The lowest BCUT2D eigenvalue weighted by Gasteiger charge is -2.44. The van der Waals surface area contributed by atoms with Crippen molar-refractivity contribution in [2.45, 2.75) is 46.0 Å². The lowest BCUT2D eigenvalue weighted by Crippen LogP contribution is -2.33. The number of rotatable bonds is 1. The van der Waals surface area contributed by atoms with Crippen LogP contribution in [0.15, 0.2) is 0 Å². The van der Waals surface area contributed by atoms with Crippen molar-refractivity contribution in [3.05, 3.63) is 0 Å². The normalized spacial score (nSPS) is 45.6. The Labute approximate surface area is 71.8 Å². The SMILES string of the molecule is [2H]C(C)(C)C1CC2CCC1CC2. The molecular formula is C11H20. The first-order valence-corrected chi connectivity index (χ1v) is 5.07. The summed E-state index contributed by atoms with van der Waals surface area (Å²) in [5.74, 6) is 2.39. The van der Waals surface area contributed by atoms with Crippen molar-refractivity contribution in [2.24, 2.45) is 23.6 Å². The monoisotopic (exact) mass is 153 g/mol. The predicted octanol–water partition coefficient (Wildman–Crippen LogP) is 3.47. The van der Waals surface area contributed by atoms with Gasteiger partial charge in [-0.3, -0.25) is 0 Å². The minimum atomic E-state index is -0.177. The average Bonchev–Trinajstić information content (AvgIpc) is 2.05. The number of hydrogen-bond acceptors (Lipinski definition) is 0. The lowest BCUT2D eigenvalue weighted by atomic mass is 9.62. The molecule has 0 saturated heterocycles. The van der Waals surface area contributed by atoms with Gasteiger partial charge in [-0.25, -0.2) is 0 Å². The van der Waals surface area contributed by atoms with Crippen LogP contribution in [-0.4, -0.2) is 0 Å². The molecule has 3 aliphatic carbocycles. The number of fused-ring (bicyclic) bond motifs is 3. The molecule has 11 heavy (non-hydrogen) atoms. The fourth-order valence-electron chi connectivity index (χ4n) is 3.08. The van der Waals surface area contributed by atoms with Crippen LogP contribution in [0.25, 0.3) is 0 Å². The molecule has 1 unspecified atom stereocenters. The molecule has 3 saturated carbocycles. The van der Waals surface area contributed by atoms with E-state index in [1.807, 2.05) is 0 Å². The topological polar surface area (TPSA) is 0 Å². The second-order valence-electron chi connectivity index (χ2n) is 4.70. The molecular weight excluding hydrogens is 132 g/mol. The molecule has 0 radical (unpaired) electrons. The molecule has 3 aliphatic rings. The van der Waals surface area contributed by atoms with Crippen LogP contribution in [0.4, 0.5) is 0 Å². The third-order valence-electron chi connectivity index (χ3n) is 3.79. The minimum absolute atomic E-state index is 0.177. The summed E-state index contributed by atoms with van der Waals surface area (Å²) in [5, 5.41) is 0. The summed E-state index contributed by atoms with van der Waals surface area (Å²) in [5.41, 5.74) is 0. The largest absolute Gasteiger partial charge is 0.0625 e. The second-order valence-corrected chi connectivity index (χ2v) is 4.70. The Balaban J connectivity index is 2.09. The van der Waals surface area contributed by atoms with E-state index in [4.69, 9.17) is 1.37 Å². The Bertz CT molecular complexity index is 160. The van der Waals surface area contributed by atoms with Gasteiger partial charge in [0.25, 0.3) is 0 Å². The Morgan fingerprint density at radius 3 is 2.09 bits per heavy atom. The van der Waals surface area contributed by atoms with Gasteiger partial charge in [-0.15, -0.1) is 0 Å². The highest BCUT2D eigenvalue weighted by atomic mass is 14.4. The first-order valence-electron chi connectivity index (χ1n) is 5.57. The summed E-state index contributed by atoms with van der Waals surface area (Å²) >= 11 is 0. The highest BCUT2D eigenvalue weighted by Gasteiger charge is 2.36. The molecule has 3 rings (SSSR count). The molecule has 0 heterocycles. The molecule has 0 heteroatoms. The van der Waals surface area contributed by atoms with Gasteiger partial charge in [-0.1, -0.05) is 26.7 Å². The summed E-state index contributed by atoms with van der Waals surface area (Å²) in [7, 11) is 0. The Morgan fingerprint density at radius 2 is 1.82 bits per heavy atom. The first-order chi connectivity index (χ1) is 5.57. The van der Waals surface area contributed by atoms with Crippen molar-refractivity contribution in [1.29, 1.82) is 0 Å². The van der Waals surface area contributed by atoms with E-state index < -0.39 is 0 Å². The van der Waals surface area contributed by atoms with E-state index in [1.54, 1.807) is 0 Å². The zero-order chi connectivity index (χ0) is 8.77. The molecule has 2 bridgehead atoms. The van der Waals surface area contributed by atoms with Crippen LogP contribution in [0.5, 0.6) is 0 Å². The van der Waals surface area contributed by atoms with Crippen LogP contribution in [0.2, 0.25) is 0 Å². The maximum absolute atomic E-state index is 8.08. The van der Waals surface area contributed by atoms with Gasteiger partial charge in [0.1, 0.15) is 0 Å². The molecule has 0 aromatic rings. The minimum Gasteiger partial charge on any atom is -0.0625 e. The Morgan fingerprint density at radius 1 is 1.18 bits per heavy atom. The molecule has 0 N–H and O–H groups in total. The van der Waals surface area contributed by atoms with Gasteiger partial charge >= 0.3 is 0 Å². The van der Waals surface area contributed by atoms with Gasteiger partial charge < -0.3 is 0 Å². The lowest BCUT2D eigenvalue weighted by molar-refractivity contribution is 0.0680. The van der Waals surface area contributed by atoms with E-state index >= 15 is 0 Å². The molecule has 3 fully saturated rings. The average molecular weight is 153 g/mol. The van der Waals surface area contributed by atoms with E-state index in [-0.39, 0.29) is 5.89 Å². The van der Waals surface area contributed by atoms with Gasteiger partial charge in [0.05, 0.1) is 0 Å². The third kappa shape index (κ3) is 1.32. The molecule has 0 aliphatic heterocycles. The fourth-order valence-corrected chi connectivity index (χ4v) is 3.08. The van der Waals surface area contributed by atoms with E-state index in [1.165, 1.54) is 32.1 Å². The van der Waals surface area contributed by atoms with Crippen molar-refractivity contribution >= 4 is 0 Å². The Kier molecular flexibility index (Phi) is 1.66. The predicted molar refractivity (Wildman–Crippen MR) is 48.4 cm³/mol.